The molecule has 2 unspecified atom stereocenters. The summed E-state index contributed by atoms with van der Waals surface area (Å²) in [6, 6.07) is -1.77. The van der Waals surface area contributed by atoms with Gasteiger partial charge in [0.1, 0.15) is 6.04 Å². The van der Waals surface area contributed by atoms with Crippen molar-refractivity contribution in [3.63, 3.8) is 0 Å². The summed E-state index contributed by atoms with van der Waals surface area (Å²) in [5, 5.41) is 29.4. The number of hydrogen-bond donors (Lipinski definition) is 5. The summed E-state index contributed by atoms with van der Waals surface area (Å²) in [7, 11) is 0. The predicted octanol–water partition coefficient (Wildman–Crippen LogP) is -0.584. The number of rotatable bonds is 5. The minimum atomic E-state index is -5.08. The maximum absolute atomic E-state index is 11.5. The van der Waals surface area contributed by atoms with Crippen LogP contribution in [0, 0.1) is 0 Å². The van der Waals surface area contributed by atoms with Crippen molar-refractivity contribution in [1.82, 2.24) is 10.6 Å². The van der Waals surface area contributed by atoms with Crippen LogP contribution < -0.4 is 10.6 Å². The summed E-state index contributed by atoms with van der Waals surface area (Å²) in [5.74, 6) is -5.81. The topological polar surface area (TPSA) is 153 Å². The maximum atomic E-state index is 11.5. The molecule has 0 aromatic rings. The molecule has 23 heavy (non-hydrogen) atoms. The van der Waals surface area contributed by atoms with Gasteiger partial charge >= 0.3 is 24.1 Å². The molecular formula is C11H15F3N2O7. The number of hydrogen-bond acceptors (Lipinski definition) is 5. The summed E-state index contributed by atoms with van der Waals surface area (Å²) < 4.78 is 31.7. The lowest BCUT2D eigenvalue weighted by atomic mass is 10.1. The summed E-state index contributed by atoms with van der Waals surface area (Å²) in [4.78, 5) is 41.5. The molecule has 132 valence electrons. The number of alkyl halides is 3. The number of nitrogens with one attached hydrogen (secondary N) is 2. The van der Waals surface area contributed by atoms with Gasteiger partial charge in [0.2, 0.25) is 5.91 Å². The molecule has 0 bridgehead atoms. The Hall–Kier alpha value is -2.37. The monoisotopic (exact) mass is 344 g/mol. The van der Waals surface area contributed by atoms with Crippen molar-refractivity contribution in [1.29, 1.82) is 0 Å². The largest absolute Gasteiger partial charge is 0.490 e. The van der Waals surface area contributed by atoms with Crippen molar-refractivity contribution < 1.29 is 47.7 Å². The van der Waals surface area contributed by atoms with Crippen LogP contribution in [0.25, 0.3) is 0 Å². The van der Waals surface area contributed by atoms with E-state index in [1.165, 1.54) is 0 Å². The van der Waals surface area contributed by atoms with Gasteiger partial charge in [-0.05, 0) is 19.4 Å². The first-order chi connectivity index (χ1) is 10.4. The van der Waals surface area contributed by atoms with E-state index in [2.05, 4.69) is 10.6 Å². The molecule has 1 heterocycles. The van der Waals surface area contributed by atoms with E-state index in [4.69, 9.17) is 20.1 Å². The first-order valence-electron chi connectivity index (χ1n) is 6.23. The highest BCUT2D eigenvalue weighted by molar-refractivity contribution is 5.89. The fourth-order valence-electron chi connectivity index (χ4n) is 1.56. The third-order valence-corrected chi connectivity index (χ3v) is 2.61. The van der Waals surface area contributed by atoms with Crippen molar-refractivity contribution in [2.75, 3.05) is 6.54 Å². The molecule has 1 fully saturated rings. The SMILES string of the molecule is O=C(O)C(F)(F)F.O=C(O)CC(NC(=O)C1CCCN1)C(=O)O. The second-order valence-corrected chi connectivity index (χ2v) is 4.45. The molecule has 0 saturated carbocycles. The molecular weight excluding hydrogens is 329 g/mol. The van der Waals surface area contributed by atoms with Gasteiger partial charge < -0.3 is 26.0 Å². The highest BCUT2D eigenvalue weighted by Gasteiger charge is 2.38. The number of carbonyl (C=O) groups is 4. The van der Waals surface area contributed by atoms with Crippen LogP contribution in [-0.2, 0) is 19.2 Å². The third-order valence-electron chi connectivity index (χ3n) is 2.61. The van der Waals surface area contributed by atoms with Crippen molar-refractivity contribution in [3.8, 4) is 0 Å². The Balaban J connectivity index is 0.000000585. The van der Waals surface area contributed by atoms with E-state index in [9.17, 15) is 27.6 Å². The van der Waals surface area contributed by atoms with Gasteiger partial charge in [-0.2, -0.15) is 13.2 Å². The van der Waals surface area contributed by atoms with Gasteiger partial charge in [0.25, 0.3) is 0 Å². The van der Waals surface area contributed by atoms with Crippen LogP contribution in [0.1, 0.15) is 19.3 Å². The fraction of sp³-hybridized carbons (Fsp3) is 0.636. The first-order valence-corrected chi connectivity index (χ1v) is 6.23. The van der Waals surface area contributed by atoms with Crippen LogP contribution in [0.5, 0.6) is 0 Å². The van der Waals surface area contributed by atoms with Gasteiger partial charge in [-0.25, -0.2) is 9.59 Å². The average molecular weight is 344 g/mol. The molecule has 1 rings (SSSR count). The van der Waals surface area contributed by atoms with E-state index < -0.39 is 48.5 Å². The molecule has 1 aliphatic heterocycles. The van der Waals surface area contributed by atoms with Gasteiger partial charge in [-0.3, -0.25) is 9.59 Å². The zero-order valence-electron chi connectivity index (χ0n) is 11.6. The lowest BCUT2D eigenvalue weighted by Gasteiger charge is -2.15. The Labute approximate surface area is 127 Å². The predicted molar refractivity (Wildman–Crippen MR) is 66.5 cm³/mol. The molecule has 1 saturated heterocycles. The van der Waals surface area contributed by atoms with Gasteiger partial charge in [0.05, 0.1) is 12.5 Å². The third kappa shape index (κ3) is 8.60. The minimum absolute atomic E-state index is 0.407. The Kier molecular flexibility index (Phi) is 8.00. The van der Waals surface area contributed by atoms with Crippen molar-refractivity contribution in [2.24, 2.45) is 0 Å². The van der Waals surface area contributed by atoms with Gasteiger partial charge in [-0.15, -0.1) is 0 Å². The molecule has 0 radical (unpaired) electrons. The number of carboxylic acid groups (broad SMARTS) is 3. The Bertz CT molecular complexity index is 461. The summed E-state index contributed by atoms with van der Waals surface area (Å²) in [6.45, 7) is 0.717. The van der Waals surface area contributed by atoms with E-state index in [1.807, 2.05) is 0 Å². The molecule has 1 aliphatic rings. The standard InChI is InChI=1S/C9H14N2O5.C2HF3O2/c12-7(13)4-6(9(15)16)11-8(14)5-2-1-3-10-5;3-2(4,5)1(6)7/h5-6,10H,1-4H2,(H,11,14)(H,12,13)(H,15,16);(H,6,7). The van der Waals surface area contributed by atoms with Crippen LogP contribution in [0.15, 0.2) is 0 Å². The highest BCUT2D eigenvalue weighted by Crippen LogP contribution is 2.13. The van der Waals surface area contributed by atoms with E-state index in [1.54, 1.807) is 0 Å². The quantitative estimate of drug-likeness (QED) is 0.444. The maximum Gasteiger partial charge on any atom is 0.490 e. The van der Waals surface area contributed by atoms with Crippen molar-refractivity contribution in [3.05, 3.63) is 0 Å². The molecule has 12 heteroatoms. The Morgan fingerprint density at radius 3 is 2.00 bits per heavy atom. The number of carbonyl (C=O) groups excluding carboxylic acids is 1. The fourth-order valence-corrected chi connectivity index (χ4v) is 1.56. The lowest BCUT2D eigenvalue weighted by Crippen LogP contribution is -2.48. The van der Waals surface area contributed by atoms with Crippen LogP contribution in [-0.4, -0.2) is 63.9 Å². The molecule has 1 amide bonds. The van der Waals surface area contributed by atoms with Crippen LogP contribution >= 0.6 is 0 Å². The van der Waals surface area contributed by atoms with E-state index >= 15 is 0 Å². The zero-order valence-corrected chi connectivity index (χ0v) is 11.6. The molecule has 0 aliphatic carbocycles. The molecule has 5 N–H and O–H groups in total. The van der Waals surface area contributed by atoms with Crippen molar-refractivity contribution in [2.45, 2.75) is 37.5 Å². The molecule has 9 nitrogen and oxygen atoms in total. The lowest BCUT2D eigenvalue weighted by molar-refractivity contribution is -0.192. The Morgan fingerprint density at radius 2 is 1.70 bits per heavy atom. The molecule has 0 spiro atoms. The first kappa shape index (κ1) is 20.6. The smallest absolute Gasteiger partial charge is 0.481 e. The average Bonchev–Trinajstić information content (AvgIpc) is 2.90. The zero-order chi connectivity index (χ0) is 18.2. The van der Waals surface area contributed by atoms with E-state index in [-0.39, 0.29) is 0 Å². The summed E-state index contributed by atoms with van der Waals surface area (Å²) in [6.07, 6.45) is -4.20. The van der Waals surface area contributed by atoms with E-state index in [0.29, 0.717) is 6.42 Å². The second-order valence-electron chi connectivity index (χ2n) is 4.45. The van der Waals surface area contributed by atoms with Gasteiger partial charge in [0, 0.05) is 0 Å². The van der Waals surface area contributed by atoms with Crippen LogP contribution in [0.4, 0.5) is 13.2 Å². The molecule has 0 aromatic carbocycles. The number of amides is 1. The minimum Gasteiger partial charge on any atom is -0.481 e. The van der Waals surface area contributed by atoms with Gasteiger partial charge in [-0.1, -0.05) is 0 Å². The highest BCUT2D eigenvalue weighted by atomic mass is 19.4. The Morgan fingerprint density at radius 1 is 1.17 bits per heavy atom. The molecule has 0 aromatic heterocycles. The van der Waals surface area contributed by atoms with Crippen LogP contribution in [0.3, 0.4) is 0 Å². The van der Waals surface area contributed by atoms with Crippen molar-refractivity contribution >= 4 is 23.8 Å². The number of aliphatic carboxylic acids is 3. The summed E-state index contributed by atoms with van der Waals surface area (Å²) >= 11 is 0. The number of halogens is 3. The number of carboxylic acids is 3. The second kappa shape index (κ2) is 8.92. The van der Waals surface area contributed by atoms with E-state index in [0.717, 1.165) is 13.0 Å². The van der Waals surface area contributed by atoms with Crippen LogP contribution in [0.2, 0.25) is 0 Å². The summed E-state index contributed by atoms with van der Waals surface area (Å²) in [5.41, 5.74) is 0. The molecule has 2 atom stereocenters. The normalized spacial score (nSPS) is 18.3. The van der Waals surface area contributed by atoms with Gasteiger partial charge in [0.15, 0.2) is 0 Å².